The van der Waals surface area contributed by atoms with Crippen molar-refractivity contribution in [3.05, 3.63) is 61.4 Å². The maximum atomic E-state index is 12.8. The summed E-state index contributed by atoms with van der Waals surface area (Å²) < 4.78 is 40.0. The maximum absolute atomic E-state index is 12.8. The van der Waals surface area contributed by atoms with Crippen LogP contribution < -0.4 is 5.32 Å². The smallest absolute Gasteiger partial charge is 0.416 e. The zero-order chi connectivity index (χ0) is 25.8. The Hall–Kier alpha value is -1.89. The van der Waals surface area contributed by atoms with Gasteiger partial charge in [-0.3, -0.25) is 14.5 Å². The third-order valence-corrected chi connectivity index (χ3v) is 7.42. The summed E-state index contributed by atoms with van der Waals surface area (Å²) in [6.07, 6.45) is -1.00. The molecule has 0 bridgehead atoms. The monoisotopic (exact) mass is 650 g/mol. The first-order valence-corrected chi connectivity index (χ1v) is 13.2. The quantitative estimate of drug-likeness (QED) is 0.178. The van der Waals surface area contributed by atoms with Gasteiger partial charge in [-0.15, -0.1) is 0 Å². The summed E-state index contributed by atoms with van der Waals surface area (Å²) in [6.45, 7) is 0.380. The Balaban J connectivity index is 1.47. The third kappa shape index (κ3) is 7.55. The molecule has 0 atom stereocenters. The molecule has 2 N–H and O–H groups in total. The number of nitrogens with zero attached hydrogens (tertiary/aromatic N) is 1. The first kappa shape index (κ1) is 27.7. The minimum absolute atomic E-state index is 0.0156. The number of thiocarbonyl (C=S) groups is 1. The fraction of sp³-hybridized carbons (Fsp3) is 0.261. The summed E-state index contributed by atoms with van der Waals surface area (Å²) in [5, 5.41) is 12.7. The lowest BCUT2D eigenvalue weighted by molar-refractivity contribution is -0.137. The lowest BCUT2D eigenvalue weighted by Gasteiger charge is -2.14. The van der Waals surface area contributed by atoms with Crippen LogP contribution in [0.25, 0.3) is 6.08 Å². The largest absolute Gasteiger partial charge is 0.506 e. The summed E-state index contributed by atoms with van der Waals surface area (Å²) in [6, 6.07) is 7.87. The number of anilines is 1. The number of halogens is 5. The van der Waals surface area contributed by atoms with Gasteiger partial charge in [-0.25, -0.2) is 0 Å². The standard InChI is InChI=1S/C23H19Br2F3N2O3S2/c24-15-9-13(20(32)17(25)12-15)10-18-21(33)30(22(34)35-18)8-3-1-2-7-19(31)29-16-6-4-5-14(11-16)23(26,27)28/h4-6,9-12,32H,1-3,7-8H2,(H,29,31)/b18-10-. The molecule has 5 nitrogen and oxygen atoms in total. The van der Waals surface area contributed by atoms with Gasteiger partial charge in [-0.05, 0) is 65.2 Å². The van der Waals surface area contributed by atoms with Crippen LogP contribution in [0.1, 0.15) is 36.8 Å². The predicted molar refractivity (Wildman–Crippen MR) is 142 cm³/mol. The molecular formula is C23H19Br2F3N2O3S2. The Kier molecular flexibility index (Phi) is 9.41. The van der Waals surface area contributed by atoms with E-state index in [1.807, 2.05) is 0 Å². The van der Waals surface area contributed by atoms with Crippen molar-refractivity contribution in [2.45, 2.75) is 31.9 Å². The van der Waals surface area contributed by atoms with E-state index in [-0.39, 0.29) is 29.7 Å². The molecule has 0 aromatic heterocycles. The molecule has 1 heterocycles. The van der Waals surface area contributed by atoms with Crippen molar-refractivity contribution in [2.75, 3.05) is 11.9 Å². The van der Waals surface area contributed by atoms with Gasteiger partial charge in [0.05, 0.1) is 14.9 Å². The van der Waals surface area contributed by atoms with Crippen LogP contribution in [0, 0.1) is 0 Å². The number of aromatic hydroxyl groups is 1. The Morgan fingerprint density at radius 1 is 1.17 bits per heavy atom. The number of phenolic OH excluding ortho intramolecular Hbond substituents is 1. The second-order valence-electron chi connectivity index (χ2n) is 7.60. The van der Waals surface area contributed by atoms with Crippen LogP contribution in [0.15, 0.2) is 50.2 Å². The zero-order valence-electron chi connectivity index (χ0n) is 18.0. The summed E-state index contributed by atoms with van der Waals surface area (Å²) in [7, 11) is 0. The average molecular weight is 652 g/mol. The van der Waals surface area contributed by atoms with E-state index in [0.29, 0.717) is 45.1 Å². The van der Waals surface area contributed by atoms with Gasteiger partial charge in [0.25, 0.3) is 5.91 Å². The van der Waals surface area contributed by atoms with Crippen LogP contribution in [0.4, 0.5) is 18.9 Å². The molecule has 1 aliphatic heterocycles. The summed E-state index contributed by atoms with van der Waals surface area (Å²) in [5.74, 6) is -0.613. The number of thioether (sulfide) groups is 1. The molecule has 186 valence electrons. The Bertz CT molecular complexity index is 1190. The number of amides is 2. The number of phenols is 1. The number of rotatable bonds is 8. The summed E-state index contributed by atoms with van der Waals surface area (Å²) >= 11 is 13.1. The van der Waals surface area contributed by atoms with E-state index in [1.54, 1.807) is 18.2 Å². The number of nitrogens with one attached hydrogen (secondary N) is 1. The minimum atomic E-state index is -4.48. The molecule has 0 aliphatic carbocycles. The van der Waals surface area contributed by atoms with Crippen molar-refractivity contribution in [2.24, 2.45) is 0 Å². The second kappa shape index (κ2) is 11.9. The highest BCUT2D eigenvalue weighted by Gasteiger charge is 2.32. The lowest BCUT2D eigenvalue weighted by atomic mass is 10.1. The molecule has 0 saturated carbocycles. The van der Waals surface area contributed by atoms with Gasteiger partial charge >= 0.3 is 6.18 Å². The molecule has 0 spiro atoms. The van der Waals surface area contributed by atoms with Gasteiger partial charge in [0.15, 0.2) is 0 Å². The van der Waals surface area contributed by atoms with E-state index in [2.05, 4.69) is 37.2 Å². The SMILES string of the molecule is O=C(CCCCCN1C(=O)/C(=C/c2cc(Br)cc(Br)c2O)SC1=S)Nc1cccc(C(F)(F)F)c1. The molecule has 2 aromatic rings. The molecule has 12 heteroatoms. The van der Waals surface area contributed by atoms with Crippen LogP contribution in [-0.4, -0.2) is 32.7 Å². The number of alkyl halides is 3. The zero-order valence-corrected chi connectivity index (χ0v) is 22.8. The van der Waals surface area contributed by atoms with Crippen molar-refractivity contribution in [3.63, 3.8) is 0 Å². The Morgan fingerprint density at radius 2 is 1.91 bits per heavy atom. The molecule has 3 rings (SSSR count). The van der Waals surface area contributed by atoms with Gasteiger partial charge in [-0.1, -0.05) is 52.4 Å². The number of hydrogen-bond acceptors (Lipinski definition) is 5. The molecule has 35 heavy (non-hydrogen) atoms. The van der Waals surface area contributed by atoms with Gasteiger partial charge in [-0.2, -0.15) is 13.2 Å². The lowest BCUT2D eigenvalue weighted by Crippen LogP contribution is -2.29. The first-order valence-electron chi connectivity index (χ1n) is 10.4. The Labute approximate surface area is 226 Å². The van der Waals surface area contributed by atoms with Crippen LogP contribution in [-0.2, 0) is 15.8 Å². The van der Waals surface area contributed by atoms with Gasteiger partial charge in [0.2, 0.25) is 5.91 Å². The third-order valence-electron chi connectivity index (χ3n) is 4.98. The Morgan fingerprint density at radius 3 is 2.63 bits per heavy atom. The normalized spacial score (nSPS) is 15.2. The van der Waals surface area contributed by atoms with Crippen molar-refractivity contribution in [3.8, 4) is 5.75 Å². The fourth-order valence-electron chi connectivity index (χ4n) is 3.26. The van der Waals surface area contributed by atoms with Gasteiger partial charge in [0.1, 0.15) is 10.1 Å². The number of hydrogen-bond donors (Lipinski definition) is 2. The number of unbranched alkanes of at least 4 members (excludes halogenated alkanes) is 2. The van der Waals surface area contributed by atoms with Crippen molar-refractivity contribution < 1.29 is 27.9 Å². The van der Waals surface area contributed by atoms with Gasteiger partial charge in [0, 0.05) is 28.7 Å². The molecule has 2 aromatic carbocycles. The highest BCUT2D eigenvalue weighted by Crippen LogP contribution is 2.38. The average Bonchev–Trinajstić information content (AvgIpc) is 3.03. The topological polar surface area (TPSA) is 69.6 Å². The molecule has 1 aliphatic rings. The van der Waals surface area contributed by atoms with Gasteiger partial charge < -0.3 is 10.4 Å². The molecule has 1 fully saturated rings. The maximum Gasteiger partial charge on any atom is 0.416 e. The number of benzene rings is 2. The highest BCUT2D eigenvalue weighted by molar-refractivity contribution is 9.11. The van der Waals surface area contributed by atoms with E-state index < -0.39 is 11.7 Å². The van der Waals surface area contributed by atoms with E-state index in [1.165, 1.54) is 17.0 Å². The van der Waals surface area contributed by atoms with E-state index in [9.17, 15) is 27.9 Å². The van der Waals surface area contributed by atoms with Crippen molar-refractivity contribution in [1.82, 2.24) is 4.90 Å². The number of carbonyl (C=O) groups excluding carboxylic acids is 2. The second-order valence-corrected chi connectivity index (χ2v) is 11.0. The van der Waals surface area contributed by atoms with Crippen LogP contribution in [0.3, 0.4) is 0 Å². The molecular weight excluding hydrogens is 633 g/mol. The highest BCUT2D eigenvalue weighted by atomic mass is 79.9. The number of carbonyl (C=O) groups is 2. The van der Waals surface area contributed by atoms with E-state index >= 15 is 0 Å². The minimum Gasteiger partial charge on any atom is -0.506 e. The van der Waals surface area contributed by atoms with Crippen molar-refractivity contribution >= 4 is 83.7 Å². The van der Waals surface area contributed by atoms with Crippen molar-refractivity contribution in [1.29, 1.82) is 0 Å². The molecule has 0 radical (unpaired) electrons. The fourth-order valence-corrected chi connectivity index (χ4v) is 5.82. The van der Waals surface area contributed by atoms with Crippen LogP contribution in [0.2, 0.25) is 0 Å². The first-order chi connectivity index (χ1) is 16.5. The molecule has 2 amide bonds. The van der Waals surface area contributed by atoms with E-state index in [4.69, 9.17) is 12.2 Å². The summed E-state index contributed by atoms with van der Waals surface area (Å²) in [4.78, 5) is 26.7. The van der Waals surface area contributed by atoms with Crippen LogP contribution in [0.5, 0.6) is 5.75 Å². The molecule has 0 unspecified atom stereocenters. The van der Waals surface area contributed by atoms with Crippen LogP contribution >= 0.6 is 55.8 Å². The predicted octanol–water partition coefficient (Wildman–Crippen LogP) is 7.34. The van der Waals surface area contributed by atoms with E-state index in [0.717, 1.165) is 28.4 Å². The summed E-state index contributed by atoms with van der Waals surface area (Å²) in [5.41, 5.74) is -0.258. The molecule has 1 saturated heterocycles.